The molecule has 0 saturated carbocycles. The van der Waals surface area contributed by atoms with Crippen LogP contribution < -0.4 is 10.1 Å². The van der Waals surface area contributed by atoms with E-state index in [1.807, 2.05) is 16.7 Å². The number of halogens is 2. The number of hydrogen-bond donors (Lipinski definition) is 1. The molecule has 9 heteroatoms. The van der Waals surface area contributed by atoms with Crippen LogP contribution in [0.25, 0.3) is 17.1 Å². The number of ether oxygens (including phenoxy) is 1. The zero-order valence-electron chi connectivity index (χ0n) is 16.4. The van der Waals surface area contributed by atoms with E-state index >= 15 is 0 Å². The summed E-state index contributed by atoms with van der Waals surface area (Å²) in [5, 5.41) is 12.7. The Labute approximate surface area is 189 Å². The molecular formula is C21H20Cl2N4O2S. The van der Waals surface area contributed by atoms with Crippen LogP contribution in [0.2, 0.25) is 10.0 Å². The summed E-state index contributed by atoms with van der Waals surface area (Å²) in [5.41, 5.74) is 1.43. The zero-order valence-corrected chi connectivity index (χ0v) is 18.8. The van der Waals surface area contributed by atoms with Gasteiger partial charge in [0.25, 0.3) is 0 Å². The van der Waals surface area contributed by atoms with Gasteiger partial charge in [0.2, 0.25) is 5.91 Å². The second-order valence-corrected chi connectivity index (χ2v) is 8.44. The molecule has 1 amide bonds. The fourth-order valence-electron chi connectivity index (χ4n) is 2.74. The number of benzene rings is 2. The molecule has 1 unspecified atom stereocenters. The van der Waals surface area contributed by atoms with Crippen LogP contribution in [0.15, 0.2) is 60.3 Å². The Morgan fingerprint density at radius 1 is 1.27 bits per heavy atom. The van der Waals surface area contributed by atoms with Crippen molar-refractivity contribution >= 4 is 40.9 Å². The highest BCUT2D eigenvalue weighted by Gasteiger charge is 2.23. The van der Waals surface area contributed by atoms with Gasteiger partial charge in [-0.3, -0.25) is 9.36 Å². The van der Waals surface area contributed by atoms with Crippen LogP contribution in [0.5, 0.6) is 5.75 Å². The minimum absolute atomic E-state index is 0.128. The lowest BCUT2D eigenvalue weighted by Crippen LogP contribution is -2.31. The van der Waals surface area contributed by atoms with Gasteiger partial charge in [0.05, 0.1) is 18.0 Å². The first-order valence-corrected chi connectivity index (χ1v) is 10.7. The molecule has 156 valence electrons. The van der Waals surface area contributed by atoms with E-state index in [2.05, 4.69) is 22.1 Å². The first-order valence-electron chi connectivity index (χ1n) is 9.05. The molecule has 0 aliphatic carbocycles. The Bertz CT molecular complexity index is 1070. The highest BCUT2D eigenvalue weighted by Crippen LogP contribution is 2.35. The fourth-order valence-corrected chi connectivity index (χ4v) is 3.99. The van der Waals surface area contributed by atoms with Crippen LogP contribution in [-0.2, 0) is 4.79 Å². The van der Waals surface area contributed by atoms with Gasteiger partial charge in [-0.25, -0.2) is 0 Å². The number of carbonyl (C=O) groups is 1. The first-order chi connectivity index (χ1) is 14.4. The molecule has 0 radical (unpaired) electrons. The molecule has 0 spiro atoms. The summed E-state index contributed by atoms with van der Waals surface area (Å²) in [6.45, 7) is 5.81. The molecule has 0 fully saturated rings. The fraction of sp³-hybridized carbons (Fsp3) is 0.190. The van der Waals surface area contributed by atoms with E-state index in [1.54, 1.807) is 50.4 Å². The summed E-state index contributed by atoms with van der Waals surface area (Å²) in [6, 6.07) is 12.6. The van der Waals surface area contributed by atoms with Crippen molar-refractivity contribution in [2.75, 3.05) is 13.7 Å². The van der Waals surface area contributed by atoms with Gasteiger partial charge in [-0.1, -0.05) is 53.2 Å². The van der Waals surface area contributed by atoms with Gasteiger partial charge in [0.15, 0.2) is 11.0 Å². The van der Waals surface area contributed by atoms with Gasteiger partial charge in [-0.05, 0) is 37.3 Å². The standard InChI is InChI=1S/C21H20Cl2N4O2S/c1-4-10-24-20(28)13(2)30-21-26-25-19(14-6-5-7-15(22)11-14)27(21)17-12-16(23)8-9-18(17)29-3/h4-9,11-13H,1,10H2,2-3H3,(H,24,28). The molecule has 1 N–H and O–H groups in total. The van der Waals surface area contributed by atoms with Crippen molar-refractivity contribution in [3.05, 3.63) is 65.2 Å². The third kappa shape index (κ3) is 4.98. The summed E-state index contributed by atoms with van der Waals surface area (Å²) in [6.07, 6.45) is 1.63. The van der Waals surface area contributed by atoms with Gasteiger partial charge in [-0.15, -0.1) is 16.8 Å². The van der Waals surface area contributed by atoms with Gasteiger partial charge in [0.1, 0.15) is 5.75 Å². The van der Waals surface area contributed by atoms with Crippen molar-refractivity contribution in [2.45, 2.75) is 17.3 Å². The van der Waals surface area contributed by atoms with Gasteiger partial charge in [0, 0.05) is 22.2 Å². The quantitative estimate of drug-likeness (QED) is 0.375. The van der Waals surface area contributed by atoms with E-state index in [1.165, 1.54) is 11.8 Å². The van der Waals surface area contributed by atoms with E-state index in [4.69, 9.17) is 27.9 Å². The van der Waals surface area contributed by atoms with Gasteiger partial charge >= 0.3 is 0 Å². The minimum atomic E-state index is -0.412. The Kier molecular flexibility index (Phi) is 7.42. The van der Waals surface area contributed by atoms with Crippen molar-refractivity contribution < 1.29 is 9.53 Å². The van der Waals surface area contributed by atoms with Gasteiger partial charge < -0.3 is 10.1 Å². The lowest BCUT2D eigenvalue weighted by atomic mass is 10.2. The van der Waals surface area contributed by atoms with E-state index in [9.17, 15) is 4.79 Å². The number of hydrogen-bond acceptors (Lipinski definition) is 5. The number of carbonyl (C=O) groups excluding carboxylic acids is 1. The molecule has 30 heavy (non-hydrogen) atoms. The second-order valence-electron chi connectivity index (χ2n) is 6.26. The number of methoxy groups -OCH3 is 1. The first kappa shape index (κ1) is 22.2. The van der Waals surface area contributed by atoms with Crippen molar-refractivity contribution in [1.82, 2.24) is 20.1 Å². The monoisotopic (exact) mass is 462 g/mol. The maximum Gasteiger partial charge on any atom is 0.233 e. The SMILES string of the molecule is C=CCNC(=O)C(C)Sc1nnc(-c2cccc(Cl)c2)n1-c1cc(Cl)ccc1OC. The van der Waals surface area contributed by atoms with Crippen LogP contribution in [0.3, 0.4) is 0 Å². The van der Waals surface area contributed by atoms with Crippen molar-refractivity contribution in [2.24, 2.45) is 0 Å². The molecule has 0 aliphatic heterocycles. The lowest BCUT2D eigenvalue weighted by Gasteiger charge is -2.16. The second kappa shape index (κ2) is 10.0. The molecule has 6 nitrogen and oxygen atoms in total. The molecule has 1 atom stereocenters. The average molecular weight is 463 g/mol. The van der Waals surface area contributed by atoms with Crippen LogP contribution in [0.1, 0.15) is 6.92 Å². The van der Waals surface area contributed by atoms with Crippen LogP contribution in [0, 0.1) is 0 Å². The summed E-state index contributed by atoms with van der Waals surface area (Å²) in [4.78, 5) is 12.4. The van der Waals surface area contributed by atoms with Crippen molar-refractivity contribution in [3.8, 4) is 22.8 Å². The van der Waals surface area contributed by atoms with Crippen molar-refractivity contribution in [3.63, 3.8) is 0 Å². The number of aromatic nitrogens is 3. The minimum Gasteiger partial charge on any atom is -0.495 e. The molecule has 0 aliphatic rings. The predicted molar refractivity (Wildman–Crippen MR) is 122 cm³/mol. The van der Waals surface area contributed by atoms with E-state index in [-0.39, 0.29) is 5.91 Å². The van der Waals surface area contributed by atoms with Gasteiger partial charge in [-0.2, -0.15) is 0 Å². The smallest absolute Gasteiger partial charge is 0.233 e. The Hall–Kier alpha value is -2.48. The summed E-state index contributed by atoms with van der Waals surface area (Å²) in [7, 11) is 1.58. The largest absolute Gasteiger partial charge is 0.495 e. The summed E-state index contributed by atoms with van der Waals surface area (Å²) >= 11 is 13.7. The maximum absolute atomic E-state index is 12.4. The molecule has 0 bridgehead atoms. The maximum atomic E-state index is 12.4. The molecule has 3 rings (SSSR count). The Morgan fingerprint density at radius 2 is 2.03 bits per heavy atom. The number of nitrogens with zero attached hydrogens (tertiary/aromatic N) is 3. The summed E-state index contributed by atoms with van der Waals surface area (Å²) in [5.74, 6) is 1.02. The third-order valence-electron chi connectivity index (χ3n) is 4.17. The molecule has 0 saturated heterocycles. The zero-order chi connectivity index (χ0) is 21.7. The van der Waals surface area contributed by atoms with E-state index in [0.717, 1.165) is 5.56 Å². The normalized spacial score (nSPS) is 11.7. The number of amides is 1. The number of nitrogens with one attached hydrogen (secondary N) is 1. The van der Waals surface area contributed by atoms with E-state index in [0.29, 0.717) is 39.0 Å². The summed E-state index contributed by atoms with van der Waals surface area (Å²) < 4.78 is 7.36. The molecule has 1 heterocycles. The highest BCUT2D eigenvalue weighted by molar-refractivity contribution is 8.00. The molecule has 3 aromatic rings. The molecule has 1 aromatic heterocycles. The Morgan fingerprint density at radius 3 is 2.73 bits per heavy atom. The highest BCUT2D eigenvalue weighted by atomic mass is 35.5. The Balaban J connectivity index is 2.11. The van der Waals surface area contributed by atoms with Crippen LogP contribution in [-0.4, -0.2) is 39.6 Å². The molecular weight excluding hydrogens is 443 g/mol. The average Bonchev–Trinajstić information content (AvgIpc) is 3.15. The third-order valence-corrected chi connectivity index (χ3v) is 5.68. The predicted octanol–water partition coefficient (Wildman–Crippen LogP) is 5.03. The number of rotatable bonds is 8. The van der Waals surface area contributed by atoms with Crippen LogP contribution in [0.4, 0.5) is 0 Å². The lowest BCUT2D eigenvalue weighted by molar-refractivity contribution is -0.120. The van der Waals surface area contributed by atoms with Crippen molar-refractivity contribution in [1.29, 1.82) is 0 Å². The van der Waals surface area contributed by atoms with E-state index < -0.39 is 5.25 Å². The topological polar surface area (TPSA) is 69.0 Å². The number of thioether (sulfide) groups is 1. The van der Waals surface area contributed by atoms with Crippen LogP contribution >= 0.6 is 35.0 Å². The molecule has 2 aromatic carbocycles.